The largest absolute Gasteiger partial charge is 0.264 e. The van der Waals surface area contributed by atoms with Gasteiger partial charge in [0, 0.05) is 22.2 Å². The summed E-state index contributed by atoms with van der Waals surface area (Å²) in [6.45, 7) is 0.349. The SMILES string of the molecule is CS(C)(=O)=Nc1cnn(Cc2cccc(F)n2)c1. The molecule has 0 aliphatic rings. The Morgan fingerprint density at radius 1 is 1.44 bits per heavy atom. The Bertz CT molecular complexity index is 665. The first-order valence-electron chi connectivity index (χ1n) is 5.23. The highest BCUT2D eigenvalue weighted by molar-refractivity contribution is 7.92. The maximum Gasteiger partial charge on any atom is 0.213 e. The van der Waals surface area contributed by atoms with Gasteiger partial charge in [-0.3, -0.25) is 4.68 Å². The summed E-state index contributed by atoms with van der Waals surface area (Å²) in [5.41, 5.74) is 1.11. The van der Waals surface area contributed by atoms with E-state index in [9.17, 15) is 8.60 Å². The van der Waals surface area contributed by atoms with Crippen LogP contribution >= 0.6 is 0 Å². The zero-order valence-corrected chi connectivity index (χ0v) is 10.9. The van der Waals surface area contributed by atoms with Gasteiger partial charge in [0.1, 0.15) is 5.69 Å². The van der Waals surface area contributed by atoms with E-state index in [-0.39, 0.29) is 0 Å². The van der Waals surface area contributed by atoms with Crippen LogP contribution in [0.5, 0.6) is 0 Å². The Morgan fingerprint density at radius 3 is 2.89 bits per heavy atom. The Labute approximate surface area is 105 Å². The molecule has 2 aromatic heterocycles. The molecule has 7 heteroatoms. The molecule has 0 saturated carbocycles. The fourth-order valence-electron chi connectivity index (χ4n) is 1.44. The quantitative estimate of drug-likeness (QED) is 0.798. The highest BCUT2D eigenvalue weighted by atomic mass is 32.2. The minimum absolute atomic E-state index is 0.349. The Kier molecular flexibility index (Phi) is 3.42. The third-order valence-corrected chi connectivity index (χ3v) is 2.69. The number of hydrogen-bond acceptors (Lipinski definition) is 4. The van der Waals surface area contributed by atoms with E-state index >= 15 is 0 Å². The molecule has 0 amide bonds. The number of nitrogens with zero attached hydrogens (tertiary/aromatic N) is 4. The number of halogens is 1. The van der Waals surface area contributed by atoms with Crippen molar-refractivity contribution in [1.82, 2.24) is 14.8 Å². The highest BCUT2D eigenvalue weighted by Crippen LogP contribution is 2.12. The lowest BCUT2D eigenvalue weighted by Gasteiger charge is -2.00. The average Bonchev–Trinajstić information content (AvgIpc) is 2.62. The molecule has 18 heavy (non-hydrogen) atoms. The zero-order valence-electron chi connectivity index (χ0n) is 10.1. The number of rotatable bonds is 3. The highest BCUT2D eigenvalue weighted by Gasteiger charge is 2.02. The molecule has 5 nitrogen and oxygen atoms in total. The van der Waals surface area contributed by atoms with Crippen molar-refractivity contribution in [2.45, 2.75) is 6.54 Å². The zero-order chi connectivity index (χ0) is 13.2. The smallest absolute Gasteiger partial charge is 0.213 e. The number of pyridine rings is 1. The van der Waals surface area contributed by atoms with E-state index in [1.807, 2.05) is 0 Å². The average molecular weight is 268 g/mol. The van der Waals surface area contributed by atoms with Crippen LogP contribution in [0.4, 0.5) is 10.1 Å². The van der Waals surface area contributed by atoms with Gasteiger partial charge in [0.05, 0.1) is 24.6 Å². The van der Waals surface area contributed by atoms with Crippen LogP contribution in [-0.4, -0.2) is 31.5 Å². The van der Waals surface area contributed by atoms with Crippen molar-refractivity contribution in [3.8, 4) is 0 Å². The third kappa shape index (κ3) is 3.63. The summed E-state index contributed by atoms with van der Waals surface area (Å²) in [6.07, 6.45) is 6.28. The lowest BCUT2D eigenvalue weighted by molar-refractivity contribution is 0.567. The van der Waals surface area contributed by atoms with Gasteiger partial charge in [0.15, 0.2) is 0 Å². The van der Waals surface area contributed by atoms with Crippen LogP contribution in [0.2, 0.25) is 0 Å². The molecule has 96 valence electrons. The first kappa shape index (κ1) is 12.7. The lowest BCUT2D eigenvalue weighted by atomic mass is 10.3. The molecular weight excluding hydrogens is 255 g/mol. The first-order chi connectivity index (χ1) is 8.42. The summed E-state index contributed by atoms with van der Waals surface area (Å²) in [5, 5.41) is 4.06. The molecule has 0 fully saturated rings. The van der Waals surface area contributed by atoms with E-state index in [2.05, 4.69) is 14.4 Å². The molecule has 0 saturated heterocycles. The van der Waals surface area contributed by atoms with Crippen molar-refractivity contribution >= 4 is 15.4 Å². The molecule has 0 radical (unpaired) electrons. The van der Waals surface area contributed by atoms with E-state index in [4.69, 9.17) is 0 Å². The van der Waals surface area contributed by atoms with E-state index in [0.29, 0.717) is 17.9 Å². The fraction of sp³-hybridized carbons (Fsp3) is 0.273. The van der Waals surface area contributed by atoms with Crippen LogP contribution in [0.1, 0.15) is 5.69 Å². The Morgan fingerprint density at radius 2 is 2.22 bits per heavy atom. The van der Waals surface area contributed by atoms with Crippen LogP contribution in [0, 0.1) is 5.95 Å². The predicted molar refractivity (Wildman–Crippen MR) is 67.6 cm³/mol. The van der Waals surface area contributed by atoms with Gasteiger partial charge in [-0.1, -0.05) is 6.07 Å². The van der Waals surface area contributed by atoms with Crippen molar-refractivity contribution in [2.24, 2.45) is 4.36 Å². The second-order valence-electron chi connectivity index (χ2n) is 4.12. The molecule has 0 atom stereocenters. The van der Waals surface area contributed by atoms with E-state index in [0.717, 1.165) is 0 Å². The van der Waals surface area contributed by atoms with Gasteiger partial charge >= 0.3 is 0 Å². The van der Waals surface area contributed by atoms with Crippen molar-refractivity contribution in [3.63, 3.8) is 0 Å². The van der Waals surface area contributed by atoms with Crippen LogP contribution in [0.25, 0.3) is 0 Å². The van der Waals surface area contributed by atoms with Gasteiger partial charge in [0.2, 0.25) is 5.95 Å². The van der Waals surface area contributed by atoms with Crippen LogP contribution in [0.3, 0.4) is 0 Å². The Hall–Kier alpha value is -1.76. The van der Waals surface area contributed by atoms with Gasteiger partial charge in [-0.25, -0.2) is 9.19 Å². The van der Waals surface area contributed by atoms with Crippen LogP contribution in [0.15, 0.2) is 35.0 Å². The van der Waals surface area contributed by atoms with E-state index in [1.165, 1.54) is 12.3 Å². The number of aromatic nitrogens is 3. The van der Waals surface area contributed by atoms with Gasteiger partial charge in [-0.15, -0.1) is 0 Å². The van der Waals surface area contributed by atoms with E-state index in [1.54, 1.807) is 35.5 Å². The van der Waals surface area contributed by atoms with Crippen molar-refractivity contribution in [1.29, 1.82) is 0 Å². The number of hydrogen-bond donors (Lipinski definition) is 0. The summed E-state index contributed by atoms with van der Waals surface area (Å²) in [5.74, 6) is -0.519. The summed E-state index contributed by atoms with van der Waals surface area (Å²) >= 11 is 0. The second-order valence-corrected chi connectivity index (χ2v) is 6.67. The lowest BCUT2D eigenvalue weighted by Crippen LogP contribution is -2.02. The molecule has 2 heterocycles. The summed E-state index contributed by atoms with van der Waals surface area (Å²) in [6, 6.07) is 4.60. The summed E-state index contributed by atoms with van der Waals surface area (Å²) in [7, 11) is -2.20. The minimum atomic E-state index is -2.20. The molecule has 2 rings (SSSR count). The maximum atomic E-state index is 12.9. The fourth-order valence-corrected chi connectivity index (χ4v) is 2.05. The third-order valence-electron chi connectivity index (χ3n) is 2.04. The van der Waals surface area contributed by atoms with Gasteiger partial charge in [-0.05, 0) is 12.1 Å². The molecular formula is C11H13FN4OS. The van der Waals surface area contributed by atoms with Crippen molar-refractivity contribution < 1.29 is 8.60 Å². The normalized spacial score (nSPS) is 11.5. The molecule has 0 N–H and O–H groups in total. The molecule has 0 aliphatic heterocycles. The monoisotopic (exact) mass is 268 g/mol. The summed E-state index contributed by atoms with van der Waals surface area (Å²) in [4.78, 5) is 3.74. The molecule has 0 aromatic carbocycles. The van der Waals surface area contributed by atoms with Crippen LogP contribution < -0.4 is 0 Å². The standard InChI is InChI=1S/C11H13FN4OS/c1-18(2,17)15-10-6-13-16(8-10)7-9-4-3-5-11(12)14-9/h3-6,8H,7H2,1-2H3. The molecule has 0 bridgehead atoms. The molecule has 0 aliphatic carbocycles. The first-order valence-corrected chi connectivity index (χ1v) is 7.56. The summed E-state index contributed by atoms with van der Waals surface area (Å²) < 4.78 is 30.0. The van der Waals surface area contributed by atoms with Crippen molar-refractivity contribution in [2.75, 3.05) is 12.5 Å². The van der Waals surface area contributed by atoms with E-state index < -0.39 is 15.7 Å². The van der Waals surface area contributed by atoms with Crippen molar-refractivity contribution in [3.05, 3.63) is 42.2 Å². The van der Waals surface area contributed by atoms with Gasteiger partial charge in [-0.2, -0.15) is 13.9 Å². The second kappa shape index (κ2) is 4.85. The topological polar surface area (TPSA) is 60.1 Å². The van der Waals surface area contributed by atoms with Gasteiger partial charge in [0.25, 0.3) is 0 Å². The molecule has 2 aromatic rings. The molecule has 0 unspecified atom stereocenters. The Balaban J connectivity index is 2.19. The predicted octanol–water partition coefficient (Wildman–Crippen LogP) is 1.82. The maximum absolute atomic E-state index is 12.9. The van der Waals surface area contributed by atoms with Gasteiger partial charge < -0.3 is 0 Å². The van der Waals surface area contributed by atoms with Crippen LogP contribution in [-0.2, 0) is 16.3 Å². The minimum Gasteiger partial charge on any atom is -0.264 e. The molecule has 0 spiro atoms.